The van der Waals surface area contributed by atoms with Crippen molar-refractivity contribution in [3.8, 4) is 11.4 Å². The molecule has 2 aromatic carbocycles. The molecule has 5 aliphatic rings. The van der Waals surface area contributed by atoms with E-state index in [2.05, 4.69) is 26.6 Å². The normalized spacial score (nSPS) is 20.4. The van der Waals surface area contributed by atoms with Gasteiger partial charge in [-0.25, -0.2) is 14.2 Å². The summed E-state index contributed by atoms with van der Waals surface area (Å²) in [5, 5.41) is 24.7. The van der Waals surface area contributed by atoms with Crippen LogP contribution in [-0.4, -0.2) is 129 Å². The summed E-state index contributed by atoms with van der Waals surface area (Å²) in [6.07, 6.45) is 2.14. The number of carbonyl (C=O) groups is 9. The van der Waals surface area contributed by atoms with E-state index in [4.69, 9.17) is 14.5 Å². The lowest BCUT2D eigenvalue weighted by atomic mass is 9.81. The first-order valence-corrected chi connectivity index (χ1v) is 26.4. The van der Waals surface area contributed by atoms with E-state index in [9.17, 15) is 53.1 Å². The lowest BCUT2D eigenvalue weighted by molar-refractivity contribution is -0.172. The lowest BCUT2D eigenvalue weighted by Gasteiger charge is -2.35. The van der Waals surface area contributed by atoms with Gasteiger partial charge in [0.2, 0.25) is 41.4 Å². The van der Waals surface area contributed by atoms with E-state index in [0.717, 1.165) is 11.1 Å². The van der Waals surface area contributed by atoms with Crippen LogP contribution in [0.4, 0.5) is 4.39 Å². The number of esters is 1. The molecule has 0 spiro atoms. The van der Waals surface area contributed by atoms with Crippen molar-refractivity contribution in [1.29, 1.82) is 0 Å². The third kappa shape index (κ3) is 11.0. The molecule has 2 unspecified atom stereocenters. The molecule has 9 rings (SSSR count). The summed E-state index contributed by atoms with van der Waals surface area (Å²) in [7, 11) is 0. The zero-order chi connectivity index (χ0) is 55.6. The number of nitrogens with zero attached hydrogens (tertiary/aromatic N) is 4. The molecule has 5 atom stereocenters. The van der Waals surface area contributed by atoms with Crippen molar-refractivity contribution in [3.05, 3.63) is 97.6 Å². The van der Waals surface area contributed by atoms with Crippen LogP contribution in [0.5, 0.6) is 0 Å². The molecule has 0 radical (unpaired) electrons. The molecule has 6 N–H and O–H groups in total. The molecule has 412 valence electrons. The number of carbonyl (C=O) groups excluding carboxylic acids is 9. The Balaban J connectivity index is 0.765. The number of nitrogens with one attached hydrogen (secondary N) is 5. The number of rotatable bonds is 21. The molecule has 0 saturated carbocycles. The average Bonchev–Trinajstić information content (AvgIpc) is 4.17. The van der Waals surface area contributed by atoms with Crippen LogP contribution in [-0.2, 0) is 84.2 Å². The van der Waals surface area contributed by atoms with Crippen LogP contribution in [0.3, 0.4) is 0 Å². The first-order valence-electron chi connectivity index (χ1n) is 26.4. The average molecular weight is 1080 g/mol. The van der Waals surface area contributed by atoms with E-state index < -0.39 is 84.4 Å². The molecule has 78 heavy (non-hydrogen) atoms. The number of hydrogen-bond donors (Lipinski definition) is 6. The van der Waals surface area contributed by atoms with E-state index in [1.54, 1.807) is 62.1 Å². The summed E-state index contributed by atoms with van der Waals surface area (Å²) < 4.78 is 28.2. The third-order valence-corrected chi connectivity index (χ3v) is 15.5. The zero-order valence-corrected chi connectivity index (χ0v) is 43.6. The molecule has 0 bridgehead atoms. The number of pyridine rings is 2. The van der Waals surface area contributed by atoms with Gasteiger partial charge >= 0.3 is 5.97 Å². The van der Waals surface area contributed by atoms with Gasteiger partial charge in [-0.1, -0.05) is 50.6 Å². The first kappa shape index (κ1) is 54.9. The number of cyclic esters (lactones) is 1. The molecule has 23 heteroatoms. The van der Waals surface area contributed by atoms with Crippen LogP contribution >= 0.6 is 0 Å². The fourth-order valence-electron chi connectivity index (χ4n) is 11.2. The van der Waals surface area contributed by atoms with Gasteiger partial charge in [-0.3, -0.25) is 48.1 Å². The number of ether oxygens (including phenoxy) is 2. The number of unbranched alkanes of at least 4 members (excludes halogenated alkanes) is 2. The van der Waals surface area contributed by atoms with Gasteiger partial charge in [-0.05, 0) is 67.3 Å². The minimum Gasteiger partial charge on any atom is -0.458 e. The van der Waals surface area contributed by atoms with Crippen LogP contribution in [0, 0.1) is 18.7 Å². The molecular weight excluding hydrogens is 1010 g/mol. The van der Waals surface area contributed by atoms with E-state index >= 15 is 4.39 Å². The van der Waals surface area contributed by atoms with E-state index in [1.165, 1.54) is 15.5 Å². The molecule has 2 saturated heterocycles. The van der Waals surface area contributed by atoms with Crippen LogP contribution in [0.2, 0.25) is 0 Å². The molecule has 2 fully saturated rings. The second kappa shape index (κ2) is 23.0. The summed E-state index contributed by atoms with van der Waals surface area (Å²) in [6, 6.07) is 10.1. The largest absolute Gasteiger partial charge is 0.458 e. The van der Waals surface area contributed by atoms with Gasteiger partial charge in [0.15, 0.2) is 5.60 Å². The smallest absolute Gasteiger partial charge is 0.343 e. The van der Waals surface area contributed by atoms with Crippen LogP contribution in [0.1, 0.15) is 110 Å². The summed E-state index contributed by atoms with van der Waals surface area (Å²) in [6.45, 7) is 3.56. The van der Waals surface area contributed by atoms with Crippen molar-refractivity contribution < 1.29 is 62.1 Å². The number of imide groups is 1. The van der Waals surface area contributed by atoms with Crippen molar-refractivity contribution >= 4 is 64.1 Å². The van der Waals surface area contributed by atoms with Crippen molar-refractivity contribution in [2.24, 2.45) is 5.92 Å². The van der Waals surface area contributed by atoms with Crippen molar-refractivity contribution in [3.63, 3.8) is 0 Å². The fraction of sp³-hybridized carbons (Fsp3) is 0.473. The topological polar surface area (TPSA) is 294 Å². The van der Waals surface area contributed by atoms with Gasteiger partial charge in [-0.15, -0.1) is 0 Å². The van der Waals surface area contributed by atoms with Gasteiger partial charge in [-0.2, -0.15) is 0 Å². The molecular formula is C55H62FN9O13. The molecule has 6 heterocycles. The van der Waals surface area contributed by atoms with Crippen molar-refractivity contribution in [2.75, 3.05) is 39.5 Å². The molecule has 1 aliphatic carbocycles. The lowest BCUT2D eigenvalue weighted by Crippen LogP contribution is -2.52. The Labute approximate surface area is 447 Å². The molecule has 4 aromatic rings. The molecule has 4 aliphatic heterocycles. The third-order valence-electron chi connectivity index (χ3n) is 15.5. The predicted molar refractivity (Wildman–Crippen MR) is 275 cm³/mol. The number of likely N-dealkylation sites (tertiary alicyclic amines) is 2. The first-order chi connectivity index (χ1) is 37.4. The van der Waals surface area contributed by atoms with Crippen LogP contribution in [0.25, 0.3) is 22.3 Å². The molecule has 2 aromatic heterocycles. The number of fused-ring (bicyclic) bond motifs is 5. The standard InChI is InChI=1S/C55H62FN9O13/c1-4-55(76)35-21-40-49-33(26-65(40)52(73)34(35)27-77-54(55)75)48-39(15-14-32-30(3)36(56)22-37(62-49)47(32)48)63-18-16-41(53(63)74)78-28-60-44(68)24-59-50(71)38(20-31-11-7-5-8-12-31)61-45(69)25-58-43(67)23-57-42(66)13-9-6-10-17-64-46(70)19-29(2)51(64)72/h5,7-8,11-12,21-22,29,38-39,41,76H,4,6,9-10,13-20,23-28H2,1-3H3,(H,57,66)(H,58,67)(H,59,71)(H,60,68)(H,61,69)/t29?,38-,39-,41?,55-/m0/s1. The highest BCUT2D eigenvalue weighted by molar-refractivity contribution is 6.03. The Morgan fingerprint density at radius 3 is 2.36 bits per heavy atom. The minimum absolute atomic E-state index is 0.0436. The van der Waals surface area contributed by atoms with Crippen LogP contribution in [0.15, 0.2) is 47.3 Å². The number of hydrogen-bond acceptors (Lipinski definition) is 14. The van der Waals surface area contributed by atoms with Crippen LogP contribution < -0.4 is 32.1 Å². The number of aromatic nitrogens is 2. The zero-order valence-electron chi connectivity index (χ0n) is 43.6. The highest BCUT2D eigenvalue weighted by atomic mass is 19.1. The second-order valence-electron chi connectivity index (χ2n) is 20.5. The summed E-state index contributed by atoms with van der Waals surface area (Å²) in [5.74, 6) is -5.43. The Morgan fingerprint density at radius 1 is 0.885 bits per heavy atom. The van der Waals surface area contributed by atoms with Crippen molar-refractivity contribution in [2.45, 2.75) is 122 Å². The SMILES string of the molecule is CC[C@@]1(O)C(=O)OCc2c1cc1n(c2=O)Cc2c-1nc1cc(F)c(C)c3c1c2[C@@H](N1CCC(OCNC(=O)CNC(=O)[C@H](Cc2ccccc2)NC(=O)CNC(=O)CNC(=O)CCCCCN2C(=O)CC(C)C2=O)C1=O)CC3. The Bertz CT molecular complexity index is 3200. The van der Waals surface area contributed by atoms with E-state index in [1.807, 2.05) is 0 Å². The maximum Gasteiger partial charge on any atom is 0.343 e. The molecule has 22 nitrogen and oxygen atoms in total. The number of aryl methyl sites for hydroxylation is 1. The minimum atomic E-state index is -2.05. The maximum atomic E-state index is 15.5. The van der Waals surface area contributed by atoms with E-state index in [0.29, 0.717) is 77.6 Å². The Hall–Kier alpha value is -7.92. The van der Waals surface area contributed by atoms with Gasteiger partial charge in [0, 0.05) is 67.3 Å². The number of aliphatic hydroxyl groups is 1. The van der Waals surface area contributed by atoms with Gasteiger partial charge in [0.25, 0.3) is 11.5 Å². The Kier molecular flexibility index (Phi) is 16.1. The summed E-state index contributed by atoms with van der Waals surface area (Å²) >= 11 is 0. The highest BCUT2D eigenvalue weighted by Gasteiger charge is 2.47. The Morgan fingerprint density at radius 2 is 1.62 bits per heavy atom. The number of amides is 8. The van der Waals surface area contributed by atoms with Gasteiger partial charge in [0.05, 0.1) is 54.7 Å². The number of benzene rings is 2. The van der Waals surface area contributed by atoms with E-state index in [-0.39, 0.29) is 99.2 Å². The quantitative estimate of drug-likeness (QED) is 0.0261. The maximum absolute atomic E-state index is 15.5. The van der Waals surface area contributed by atoms with Crippen molar-refractivity contribution in [1.82, 2.24) is 45.9 Å². The monoisotopic (exact) mass is 1080 g/mol. The second-order valence-corrected chi connectivity index (χ2v) is 20.5. The van der Waals surface area contributed by atoms with Gasteiger partial charge < -0.3 is 50.6 Å². The highest BCUT2D eigenvalue weighted by Crippen LogP contribution is 2.48. The number of halogens is 1. The van der Waals surface area contributed by atoms with Gasteiger partial charge in [0.1, 0.15) is 31.3 Å². The summed E-state index contributed by atoms with van der Waals surface area (Å²) in [5.41, 5.74) is 2.17. The predicted octanol–water partition coefficient (Wildman–Crippen LogP) is 1.24. The fourth-order valence-corrected chi connectivity index (χ4v) is 11.2. The summed E-state index contributed by atoms with van der Waals surface area (Å²) in [4.78, 5) is 137. The molecule has 8 amide bonds.